The lowest BCUT2D eigenvalue weighted by atomic mass is 10.0. The molecule has 14 heteroatoms. The van der Waals surface area contributed by atoms with Gasteiger partial charge in [0.1, 0.15) is 23.8 Å². The molecule has 0 spiro atoms. The van der Waals surface area contributed by atoms with Crippen LogP contribution in [-0.4, -0.2) is 98.4 Å². The predicted octanol–water partition coefficient (Wildman–Crippen LogP) is 7.05. The molecule has 1 amide bonds. The third-order valence-electron chi connectivity index (χ3n) is 8.82. The predicted molar refractivity (Wildman–Crippen MR) is 203 cm³/mol. The first-order chi connectivity index (χ1) is 24.4. The van der Waals surface area contributed by atoms with Gasteiger partial charge in [-0.25, -0.2) is 23.5 Å². The van der Waals surface area contributed by atoms with Gasteiger partial charge in [-0.15, -0.1) is 0 Å². The van der Waals surface area contributed by atoms with Gasteiger partial charge in [0.05, 0.1) is 33.2 Å². The van der Waals surface area contributed by atoms with Gasteiger partial charge in [-0.2, -0.15) is 15.0 Å². The topological polar surface area (TPSA) is 119 Å². The fraction of sp³-hybridized carbons (Fsp3) is 0.526. The average Bonchev–Trinajstić information content (AvgIpc) is 3.04. The van der Waals surface area contributed by atoms with Crippen LogP contribution in [0.15, 0.2) is 35.1 Å². The van der Waals surface area contributed by atoms with Gasteiger partial charge in [-0.05, 0) is 78.7 Å². The van der Waals surface area contributed by atoms with Gasteiger partial charge in [0.2, 0.25) is 0 Å². The summed E-state index contributed by atoms with van der Waals surface area (Å²) in [6, 6.07) is 7.59. The summed E-state index contributed by atoms with van der Waals surface area (Å²) in [6.07, 6.45) is -0.407. The number of aromatic nitrogens is 5. The standard InChI is InChI=1S/C38H50ClFN8O4/c1-21(2)29-32(30(22(3)4)43-35(42-29)51-17-16-45(10)11)48-34-26(18-27(39)31(41-34)25-14-12-13-15-28(25)40)33(44-36(48)49)46-19-24(6)47(20-23(46)5)37(50)52-38(7,8)9/h12-15,18,21-24H,16-17,19-20H2,1-11H3/t23-,24+/m0/s1. The van der Waals surface area contributed by atoms with E-state index in [9.17, 15) is 9.59 Å². The van der Waals surface area contributed by atoms with Crippen molar-refractivity contribution in [1.29, 1.82) is 0 Å². The van der Waals surface area contributed by atoms with Crippen LogP contribution in [0.25, 0.3) is 28.0 Å². The Balaban J connectivity index is 1.77. The average molecular weight is 737 g/mol. The Morgan fingerprint density at radius 2 is 1.63 bits per heavy atom. The van der Waals surface area contributed by atoms with Crippen molar-refractivity contribution in [3.8, 4) is 23.0 Å². The quantitative estimate of drug-likeness (QED) is 0.177. The number of likely N-dealkylation sites (N-methyl/N-ethyl adjacent to an activating group) is 1. The molecule has 0 bridgehead atoms. The van der Waals surface area contributed by atoms with Crippen molar-refractivity contribution >= 4 is 34.5 Å². The van der Waals surface area contributed by atoms with E-state index in [0.29, 0.717) is 54.5 Å². The van der Waals surface area contributed by atoms with Crippen molar-refractivity contribution in [2.24, 2.45) is 0 Å². The summed E-state index contributed by atoms with van der Waals surface area (Å²) in [7, 11) is 3.91. The SMILES string of the molecule is CC(C)c1nc(OCCN(C)C)nc(C(C)C)c1-n1c(=O)nc(N2C[C@@H](C)N(C(=O)OC(C)(C)C)C[C@@H]2C)c2cc(Cl)c(-c3ccccc3F)nc21. The molecule has 4 aromatic rings. The Morgan fingerprint density at radius 3 is 2.21 bits per heavy atom. The fourth-order valence-electron chi connectivity index (χ4n) is 6.25. The zero-order valence-corrected chi connectivity index (χ0v) is 32.7. The number of nitrogens with zero attached hydrogens (tertiary/aromatic N) is 8. The molecule has 5 rings (SSSR count). The third-order valence-corrected chi connectivity index (χ3v) is 9.11. The second-order valence-corrected chi connectivity index (χ2v) is 15.7. The second-order valence-electron chi connectivity index (χ2n) is 15.3. The van der Waals surface area contributed by atoms with Crippen LogP contribution in [-0.2, 0) is 4.74 Å². The molecular weight excluding hydrogens is 687 g/mol. The van der Waals surface area contributed by atoms with Gasteiger partial charge in [0.25, 0.3) is 0 Å². The maximum absolute atomic E-state index is 15.3. The van der Waals surface area contributed by atoms with E-state index in [0.717, 1.165) is 0 Å². The number of ether oxygens (including phenoxy) is 2. The first kappa shape index (κ1) is 38.9. The lowest BCUT2D eigenvalue weighted by Gasteiger charge is -2.44. The molecular formula is C38H50ClFN8O4. The molecule has 3 aromatic heterocycles. The highest BCUT2D eigenvalue weighted by Crippen LogP contribution is 2.38. The second kappa shape index (κ2) is 15.3. The number of fused-ring (bicyclic) bond motifs is 1. The van der Waals surface area contributed by atoms with Gasteiger partial charge in [0, 0.05) is 37.3 Å². The fourth-order valence-corrected chi connectivity index (χ4v) is 6.50. The van der Waals surface area contributed by atoms with Crippen molar-refractivity contribution in [3.63, 3.8) is 0 Å². The minimum Gasteiger partial charge on any atom is -0.462 e. The van der Waals surface area contributed by atoms with Crippen molar-refractivity contribution in [1.82, 2.24) is 34.3 Å². The summed E-state index contributed by atoms with van der Waals surface area (Å²) in [5, 5.41) is 0.665. The molecule has 0 saturated carbocycles. The maximum Gasteiger partial charge on any atom is 0.410 e. The third kappa shape index (κ3) is 8.15. The Bertz CT molecular complexity index is 1980. The Hall–Kier alpha value is -4.36. The highest BCUT2D eigenvalue weighted by molar-refractivity contribution is 6.33. The summed E-state index contributed by atoms with van der Waals surface area (Å²) < 4.78 is 28.4. The number of anilines is 1. The molecule has 0 radical (unpaired) electrons. The lowest BCUT2D eigenvalue weighted by Crippen LogP contribution is -2.59. The number of amides is 1. The summed E-state index contributed by atoms with van der Waals surface area (Å²) in [6.45, 7) is 19.0. The molecule has 0 unspecified atom stereocenters. The van der Waals surface area contributed by atoms with Crippen molar-refractivity contribution in [3.05, 3.63) is 63.0 Å². The van der Waals surface area contributed by atoms with Gasteiger partial charge in [0.15, 0.2) is 5.65 Å². The normalized spacial score (nSPS) is 16.8. The molecule has 4 heterocycles. The molecule has 1 aromatic carbocycles. The molecule has 52 heavy (non-hydrogen) atoms. The number of halogens is 2. The first-order valence-corrected chi connectivity index (χ1v) is 18.1. The van der Waals surface area contributed by atoms with Crippen molar-refractivity contribution in [2.45, 2.75) is 91.8 Å². The van der Waals surface area contributed by atoms with E-state index in [1.54, 1.807) is 29.2 Å². The molecule has 12 nitrogen and oxygen atoms in total. The molecule has 0 aliphatic carbocycles. The lowest BCUT2D eigenvalue weighted by molar-refractivity contribution is 0.0130. The molecule has 1 aliphatic rings. The highest BCUT2D eigenvalue weighted by atomic mass is 35.5. The van der Waals surface area contributed by atoms with Gasteiger partial charge in [-0.3, -0.25) is 0 Å². The van der Waals surface area contributed by atoms with Crippen LogP contribution in [0, 0.1) is 5.82 Å². The summed E-state index contributed by atoms with van der Waals surface area (Å²) in [5.41, 5.74) is 0.929. The van der Waals surface area contributed by atoms with Crippen LogP contribution >= 0.6 is 11.6 Å². The number of carbonyl (C=O) groups is 1. The van der Waals surface area contributed by atoms with E-state index in [1.165, 1.54) is 10.6 Å². The van der Waals surface area contributed by atoms with E-state index in [1.807, 2.05) is 86.2 Å². The van der Waals surface area contributed by atoms with Gasteiger partial charge < -0.3 is 24.2 Å². The number of pyridine rings is 1. The van der Waals surface area contributed by atoms with Crippen LogP contribution < -0.4 is 15.3 Å². The minimum atomic E-state index is -0.651. The van der Waals surface area contributed by atoms with Gasteiger partial charge >= 0.3 is 17.8 Å². The van der Waals surface area contributed by atoms with Crippen molar-refractivity contribution in [2.75, 3.05) is 45.2 Å². The Kier molecular flexibility index (Phi) is 11.4. The van der Waals surface area contributed by atoms with Crippen LogP contribution in [0.5, 0.6) is 6.01 Å². The molecule has 1 fully saturated rings. The molecule has 0 N–H and O–H groups in total. The summed E-state index contributed by atoms with van der Waals surface area (Å²) >= 11 is 6.93. The van der Waals surface area contributed by atoms with Gasteiger partial charge in [-0.1, -0.05) is 51.4 Å². The molecule has 2 atom stereocenters. The highest BCUT2D eigenvalue weighted by Gasteiger charge is 2.37. The van der Waals surface area contributed by atoms with E-state index < -0.39 is 23.2 Å². The number of piperazine rings is 1. The zero-order valence-electron chi connectivity index (χ0n) is 32.0. The maximum atomic E-state index is 15.3. The van der Waals surface area contributed by atoms with E-state index >= 15 is 4.39 Å². The largest absolute Gasteiger partial charge is 0.462 e. The van der Waals surface area contributed by atoms with Crippen LogP contribution in [0.3, 0.4) is 0 Å². The van der Waals surface area contributed by atoms with E-state index in [-0.39, 0.29) is 51.9 Å². The summed E-state index contributed by atoms with van der Waals surface area (Å²) in [5.74, 6) is -0.467. The number of carbonyl (C=O) groups excluding carboxylic acids is 1. The smallest absolute Gasteiger partial charge is 0.410 e. The molecule has 280 valence electrons. The molecule has 1 aliphatic heterocycles. The molecule has 1 saturated heterocycles. The summed E-state index contributed by atoms with van der Waals surface area (Å²) in [4.78, 5) is 52.7. The monoisotopic (exact) mass is 736 g/mol. The number of hydrogen-bond donors (Lipinski definition) is 0. The Morgan fingerprint density at radius 1 is 1.00 bits per heavy atom. The number of rotatable bonds is 9. The van der Waals surface area contributed by atoms with E-state index in [2.05, 4.69) is 0 Å². The zero-order chi connectivity index (χ0) is 38.2. The van der Waals surface area contributed by atoms with Crippen LogP contribution in [0.4, 0.5) is 15.0 Å². The first-order valence-electron chi connectivity index (χ1n) is 17.7. The van der Waals surface area contributed by atoms with Crippen molar-refractivity contribution < 1.29 is 18.7 Å². The Labute approximate surface area is 309 Å². The van der Waals surface area contributed by atoms with E-state index in [4.69, 9.17) is 41.0 Å². The van der Waals surface area contributed by atoms with Crippen LogP contribution in [0.1, 0.15) is 85.5 Å². The van der Waals surface area contributed by atoms with Crippen LogP contribution in [0.2, 0.25) is 5.02 Å². The number of benzene rings is 1. The number of hydrogen-bond acceptors (Lipinski definition) is 10. The minimum absolute atomic E-state index is 0.159.